The molecule has 1 saturated heterocycles. The number of carbonyl (C=O) groups excluding carboxylic acids is 1. The van der Waals surface area contributed by atoms with Gasteiger partial charge in [0.05, 0.1) is 11.3 Å². The van der Waals surface area contributed by atoms with Crippen LogP contribution in [0.1, 0.15) is 41.6 Å². The number of para-hydroxylation sites is 1. The van der Waals surface area contributed by atoms with Gasteiger partial charge in [-0.1, -0.05) is 32.0 Å². The van der Waals surface area contributed by atoms with Crippen LogP contribution < -0.4 is 4.90 Å². The Morgan fingerprint density at radius 3 is 2.43 bits per heavy atom. The Morgan fingerprint density at radius 2 is 1.74 bits per heavy atom. The number of benzene rings is 1. The fourth-order valence-corrected chi connectivity index (χ4v) is 4.26. The number of carbonyl (C=O) groups is 1. The number of piperazine rings is 1. The van der Waals surface area contributed by atoms with E-state index in [4.69, 9.17) is 10.1 Å². The molecule has 0 radical (unpaired) electrons. The predicted molar refractivity (Wildman–Crippen MR) is 136 cm³/mol. The summed E-state index contributed by atoms with van der Waals surface area (Å²) >= 11 is 0. The SMILES string of the molecule is Cc1cc(N2CCN(C(=O)c3cn(-c4ccccc4)nc3-c3cccnc3)CC2)nc(C(C)C)n1. The summed E-state index contributed by atoms with van der Waals surface area (Å²) in [6.45, 7) is 8.86. The van der Waals surface area contributed by atoms with Gasteiger partial charge in [0.15, 0.2) is 0 Å². The molecule has 0 bridgehead atoms. The van der Waals surface area contributed by atoms with Crippen molar-refractivity contribution >= 4 is 11.7 Å². The lowest BCUT2D eigenvalue weighted by Gasteiger charge is -2.35. The molecule has 35 heavy (non-hydrogen) atoms. The molecule has 5 rings (SSSR count). The van der Waals surface area contributed by atoms with Crippen molar-refractivity contribution in [2.24, 2.45) is 0 Å². The smallest absolute Gasteiger partial charge is 0.257 e. The zero-order chi connectivity index (χ0) is 24.4. The molecule has 1 amide bonds. The minimum Gasteiger partial charge on any atom is -0.353 e. The Bertz CT molecular complexity index is 1310. The second-order valence-corrected chi connectivity index (χ2v) is 9.07. The molecule has 1 fully saturated rings. The molecule has 178 valence electrons. The topological polar surface area (TPSA) is 80.0 Å². The molecule has 0 saturated carbocycles. The van der Waals surface area contributed by atoms with Crippen LogP contribution in [0.25, 0.3) is 16.9 Å². The third-order valence-electron chi connectivity index (χ3n) is 6.17. The molecule has 4 aromatic rings. The van der Waals surface area contributed by atoms with Gasteiger partial charge in [-0.2, -0.15) is 5.10 Å². The summed E-state index contributed by atoms with van der Waals surface area (Å²) in [6.07, 6.45) is 5.29. The number of amides is 1. The molecule has 0 atom stereocenters. The van der Waals surface area contributed by atoms with Crippen molar-refractivity contribution in [3.05, 3.63) is 84.2 Å². The van der Waals surface area contributed by atoms with Crippen LogP contribution >= 0.6 is 0 Å². The highest BCUT2D eigenvalue weighted by Gasteiger charge is 2.27. The van der Waals surface area contributed by atoms with E-state index >= 15 is 0 Å². The van der Waals surface area contributed by atoms with E-state index in [0.29, 0.717) is 24.3 Å². The first kappa shape index (κ1) is 22.7. The molecule has 0 unspecified atom stereocenters. The van der Waals surface area contributed by atoms with Crippen LogP contribution in [0.2, 0.25) is 0 Å². The minimum atomic E-state index is -0.0209. The standard InChI is InChI=1S/C27H29N7O/c1-19(2)26-29-20(3)16-24(30-26)32-12-14-33(15-13-32)27(35)23-18-34(22-9-5-4-6-10-22)31-25(23)21-8-7-11-28-17-21/h4-11,16-19H,12-15H2,1-3H3. The molecule has 1 aliphatic heterocycles. The minimum absolute atomic E-state index is 0.0209. The number of hydrogen-bond donors (Lipinski definition) is 0. The summed E-state index contributed by atoms with van der Waals surface area (Å²) in [5, 5.41) is 4.77. The molecular formula is C27H29N7O. The Labute approximate surface area is 205 Å². The van der Waals surface area contributed by atoms with E-state index in [1.165, 1.54) is 0 Å². The number of pyridine rings is 1. The average molecular weight is 468 g/mol. The molecule has 8 nitrogen and oxygen atoms in total. The molecule has 0 aliphatic carbocycles. The van der Waals surface area contributed by atoms with Gasteiger partial charge >= 0.3 is 0 Å². The van der Waals surface area contributed by atoms with Gasteiger partial charge in [0.25, 0.3) is 5.91 Å². The number of rotatable bonds is 5. The fourth-order valence-electron chi connectivity index (χ4n) is 4.26. The van der Waals surface area contributed by atoms with E-state index in [2.05, 4.69) is 28.7 Å². The number of anilines is 1. The molecular weight excluding hydrogens is 438 g/mol. The highest BCUT2D eigenvalue weighted by atomic mass is 16.2. The maximum absolute atomic E-state index is 13.7. The lowest BCUT2D eigenvalue weighted by Crippen LogP contribution is -2.49. The van der Waals surface area contributed by atoms with Crippen molar-refractivity contribution in [1.82, 2.24) is 29.6 Å². The summed E-state index contributed by atoms with van der Waals surface area (Å²) < 4.78 is 1.77. The van der Waals surface area contributed by atoms with Crippen LogP contribution in [0.3, 0.4) is 0 Å². The molecule has 3 aromatic heterocycles. The van der Waals surface area contributed by atoms with Crippen LogP contribution in [0.4, 0.5) is 5.82 Å². The molecule has 4 heterocycles. The van der Waals surface area contributed by atoms with Crippen LogP contribution in [-0.2, 0) is 0 Å². The summed E-state index contributed by atoms with van der Waals surface area (Å²) in [5.74, 6) is 2.03. The van der Waals surface area contributed by atoms with Gasteiger partial charge in [-0.3, -0.25) is 9.78 Å². The molecule has 0 spiro atoms. The second-order valence-electron chi connectivity index (χ2n) is 9.07. The largest absolute Gasteiger partial charge is 0.353 e. The van der Waals surface area contributed by atoms with Crippen LogP contribution in [0.15, 0.2) is 67.1 Å². The third-order valence-corrected chi connectivity index (χ3v) is 6.17. The average Bonchev–Trinajstić information content (AvgIpc) is 3.35. The van der Waals surface area contributed by atoms with E-state index in [1.807, 2.05) is 66.6 Å². The first-order chi connectivity index (χ1) is 17.0. The summed E-state index contributed by atoms with van der Waals surface area (Å²) in [7, 11) is 0. The highest BCUT2D eigenvalue weighted by molar-refractivity contribution is 6.00. The van der Waals surface area contributed by atoms with Gasteiger partial charge in [0.1, 0.15) is 17.3 Å². The monoisotopic (exact) mass is 467 g/mol. The van der Waals surface area contributed by atoms with E-state index < -0.39 is 0 Å². The lowest BCUT2D eigenvalue weighted by atomic mass is 10.1. The first-order valence-electron chi connectivity index (χ1n) is 11.9. The van der Waals surface area contributed by atoms with E-state index in [-0.39, 0.29) is 11.8 Å². The summed E-state index contributed by atoms with van der Waals surface area (Å²) in [6, 6.07) is 15.6. The normalized spacial score (nSPS) is 13.9. The van der Waals surface area contributed by atoms with Gasteiger partial charge in [0.2, 0.25) is 0 Å². The second kappa shape index (κ2) is 9.66. The predicted octanol–water partition coefficient (Wildman–Crippen LogP) is 4.12. The van der Waals surface area contributed by atoms with Gasteiger partial charge in [-0.25, -0.2) is 14.6 Å². The molecule has 8 heteroatoms. The highest BCUT2D eigenvalue weighted by Crippen LogP contribution is 2.26. The van der Waals surface area contributed by atoms with Crippen LogP contribution in [0, 0.1) is 6.92 Å². The van der Waals surface area contributed by atoms with E-state index in [9.17, 15) is 4.79 Å². The Balaban J connectivity index is 1.39. The van der Waals surface area contributed by atoms with Gasteiger partial charge in [-0.05, 0) is 31.2 Å². The quantitative estimate of drug-likeness (QED) is 0.439. The Kier molecular flexibility index (Phi) is 6.27. The maximum Gasteiger partial charge on any atom is 0.257 e. The van der Waals surface area contributed by atoms with E-state index in [1.54, 1.807) is 17.1 Å². The lowest BCUT2D eigenvalue weighted by molar-refractivity contribution is 0.0747. The number of nitrogens with zero attached hydrogens (tertiary/aromatic N) is 7. The third kappa shape index (κ3) is 4.77. The fraction of sp³-hybridized carbons (Fsp3) is 0.296. The van der Waals surface area contributed by atoms with Crippen LogP contribution in [0.5, 0.6) is 0 Å². The van der Waals surface area contributed by atoms with Crippen LogP contribution in [-0.4, -0.2) is 61.7 Å². The number of aromatic nitrogens is 5. The molecule has 0 N–H and O–H groups in total. The van der Waals surface area contributed by atoms with Gasteiger partial charge < -0.3 is 9.80 Å². The zero-order valence-corrected chi connectivity index (χ0v) is 20.3. The van der Waals surface area contributed by atoms with Crippen molar-refractivity contribution in [3.8, 4) is 16.9 Å². The van der Waals surface area contributed by atoms with E-state index in [0.717, 1.165) is 41.7 Å². The molecule has 1 aliphatic rings. The zero-order valence-electron chi connectivity index (χ0n) is 20.3. The van der Waals surface area contributed by atoms with Crippen molar-refractivity contribution in [2.75, 3.05) is 31.1 Å². The van der Waals surface area contributed by atoms with Gasteiger partial charge in [0, 0.05) is 68.0 Å². The maximum atomic E-state index is 13.7. The van der Waals surface area contributed by atoms with Crippen molar-refractivity contribution < 1.29 is 4.79 Å². The summed E-state index contributed by atoms with van der Waals surface area (Å²) in [4.78, 5) is 31.4. The Hall–Kier alpha value is -4.07. The number of aryl methyl sites for hydroxylation is 1. The van der Waals surface area contributed by atoms with Crippen molar-refractivity contribution in [1.29, 1.82) is 0 Å². The van der Waals surface area contributed by atoms with Gasteiger partial charge in [-0.15, -0.1) is 0 Å². The first-order valence-corrected chi connectivity index (χ1v) is 11.9. The van der Waals surface area contributed by atoms with Crippen molar-refractivity contribution in [2.45, 2.75) is 26.7 Å². The Morgan fingerprint density at radius 1 is 0.971 bits per heavy atom. The van der Waals surface area contributed by atoms with Crippen molar-refractivity contribution in [3.63, 3.8) is 0 Å². The summed E-state index contributed by atoms with van der Waals surface area (Å²) in [5.41, 5.74) is 3.91. The molecule has 1 aromatic carbocycles. The number of hydrogen-bond acceptors (Lipinski definition) is 6.